The minimum absolute atomic E-state index is 0.0466. The first kappa shape index (κ1) is 19.6. The summed E-state index contributed by atoms with van der Waals surface area (Å²) < 4.78 is 0. The fourth-order valence-electron chi connectivity index (χ4n) is 3.37. The van der Waals surface area contributed by atoms with Crippen LogP contribution in [0.3, 0.4) is 0 Å². The second kappa shape index (κ2) is 9.17. The zero-order valence-corrected chi connectivity index (χ0v) is 16.1. The third-order valence-electron chi connectivity index (χ3n) is 4.79. The van der Waals surface area contributed by atoms with E-state index >= 15 is 0 Å². The Morgan fingerprint density at radius 1 is 1.00 bits per heavy atom. The van der Waals surface area contributed by atoms with E-state index in [1.54, 1.807) is 9.80 Å². The molecule has 28 heavy (non-hydrogen) atoms. The number of nitrogens with zero attached hydrogens (tertiary/aromatic N) is 2. The maximum atomic E-state index is 12.8. The van der Waals surface area contributed by atoms with Crippen LogP contribution >= 0.6 is 0 Å². The van der Waals surface area contributed by atoms with E-state index in [0.29, 0.717) is 32.5 Å². The molecule has 1 aliphatic heterocycles. The van der Waals surface area contributed by atoms with Gasteiger partial charge in [0.25, 0.3) is 0 Å². The summed E-state index contributed by atoms with van der Waals surface area (Å²) in [6, 6.07) is 17.8. The molecule has 3 amide bonds. The Bertz CT molecular complexity index is 851. The fraction of sp³-hybridized carbons (Fsp3) is 0.318. The minimum atomic E-state index is -0.103. The van der Waals surface area contributed by atoms with Crippen LogP contribution < -0.4 is 10.2 Å². The highest BCUT2D eigenvalue weighted by atomic mass is 16.2. The summed E-state index contributed by atoms with van der Waals surface area (Å²) in [6.45, 7) is 2.99. The van der Waals surface area contributed by atoms with Crippen molar-refractivity contribution in [1.29, 1.82) is 0 Å². The number of nitrogens with one attached hydrogen (secondary N) is 1. The number of hydrogen-bond donors (Lipinski definition) is 1. The number of carbonyl (C=O) groups is 3. The number of anilines is 1. The second-order valence-corrected chi connectivity index (χ2v) is 6.83. The van der Waals surface area contributed by atoms with Crippen LogP contribution in [0.4, 0.5) is 5.69 Å². The molecule has 0 saturated carbocycles. The molecule has 0 bridgehead atoms. The first-order chi connectivity index (χ1) is 13.6. The van der Waals surface area contributed by atoms with Crippen LogP contribution in [-0.4, -0.2) is 48.8 Å². The Balaban J connectivity index is 1.65. The number of benzene rings is 2. The number of carbonyl (C=O) groups excluding carboxylic acids is 3. The molecule has 3 rings (SSSR count). The van der Waals surface area contributed by atoms with Gasteiger partial charge in [-0.05, 0) is 18.1 Å². The van der Waals surface area contributed by atoms with Gasteiger partial charge in [0.1, 0.15) is 6.54 Å². The molecule has 1 fully saturated rings. The number of amides is 3. The molecule has 1 N–H and O–H groups in total. The van der Waals surface area contributed by atoms with Crippen LogP contribution in [0.25, 0.3) is 11.1 Å². The lowest BCUT2D eigenvalue weighted by molar-refractivity contribution is -0.137. The van der Waals surface area contributed by atoms with Gasteiger partial charge in [-0.3, -0.25) is 14.4 Å². The predicted octanol–water partition coefficient (Wildman–Crippen LogP) is 2.45. The summed E-state index contributed by atoms with van der Waals surface area (Å²) >= 11 is 0. The van der Waals surface area contributed by atoms with Crippen molar-refractivity contribution in [3.05, 3.63) is 54.6 Å². The molecule has 146 valence electrons. The predicted molar refractivity (Wildman–Crippen MR) is 109 cm³/mol. The summed E-state index contributed by atoms with van der Waals surface area (Å²) in [5.41, 5.74) is 2.94. The van der Waals surface area contributed by atoms with E-state index < -0.39 is 0 Å². The van der Waals surface area contributed by atoms with Crippen molar-refractivity contribution >= 4 is 23.4 Å². The van der Waals surface area contributed by atoms with Crippen molar-refractivity contribution in [2.24, 2.45) is 0 Å². The number of para-hydroxylation sites is 1. The zero-order chi connectivity index (χ0) is 19.9. The van der Waals surface area contributed by atoms with Crippen LogP contribution in [0.1, 0.15) is 19.8 Å². The van der Waals surface area contributed by atoms with Crippen molar-refractivity contribution in [3.63, 3.8) is 0 Å². The lowest BCUT2D eigenvalue weighted by Crippen LogP contribution is -2.52. The maximum Gasteiger partial charge on any atom is 0.246 e. The Morgan fingerprint density at radius 2 is 1.71 bits per heavy atom. The van der Waals surface area contributed by atoms with Crippen molar-refractivity contribution in [2.45, 2.75) is 19.8 Å². The monoisotopic (exact) mass is 379 g/mol. The summed E-state index contributed by atoms with van der Waals surface area (Å²) in [7, 11) is 0. The molecule has 1 saturated heterocycles. The van der Waals surface area contributed by atoms with E-state index in [1.165, 1.54) is 6.92 Å². The Labute approximate surface area is 165 Å². The van der Waals surface area contributed by atoms with Gasteiger partial charge in [0, 0.05) is 38.5 Å². The Morgan fingerprint density at radius 3 is 2.43 bits per heavy atom. The lowest BCUT2D eigenvalue weighted by atomic mass is 10.0. The third kappa shape index (κ3) is 4.76. The van der Waals surface area contributed by atoms with Crippen LogP contribution in [0, 0.1) is 0 Å². The van der Waals surface area contributed by atoms with Gasteiger partial charge in [-0.2, -0.15) is 0 Å². The molecule has 1 aliphatic rings. The summed E-state index contributed by atoms with van der Waals surface area (Å²) in [4.78, 5) is 39.4. The number of piperazine rings is 1. The topological polar surface area (TPSA) is 69.7 Å². The standard InChI is InChI=1S/C22H25N3O3/c1-17(26)23-13-7-12-21(27)24-14-15-25(22(28)16-24)20-11-6-5-10-19(20)18-8-3-2-4-9-18/h2-6,8-11H,7,12-16H2,1H3,(H,23,26). The maximum absolute atomic E-state index is 12.8. The normalized spacial score (nSPS) is 14.1. The number of hydrogen-bond acceptors (Lipinski definition) is 3. The molecular formula is C22H25N3O3. The first-order valence-corrected chi connectivity index (χ1v) is 9.53. The van der Waals surface area contributed by atoms with Gasteiger partial charge in [-0.25, -0.2) is 0 Å². The highest BCUT2D eigenvalue weighted by Crippen LogP contribution is 2.31. The Hall–Kier alpha value is -3.15. The van der Waals surface area contributed by atoms with Crippen LogP contribution in [0.2, 0.25) is 0 Å². The van der Waals surface area contributed by atoms with E-state index in [0.717, 1.165) is 16.8 Å². The molecule has 1 heterocycles. The summed E-state index contributed by atoms with van der Waals surface area (Å²) in [5.74, 6) is -0.229. The van der Waals surface area contributed by atoms with E-state index in [-0.39, 0.29) is 24.3 Å². The molecule has 0 aliphatic carbocycles. The van der Waals surface area contributed by atoms with Crippen LogP contribution in [-0.2, 0) is 14.4 Å². The van der Waals surface area contributed by atoms with Crippen LogP contribution in [0.5, 0.6) is 0 Å². The smallest absolute Gasteiger partial charge is 0.246 e. The Kier molecular flexibility index (Phi) is 6.42. The van der Waals surface area contributed by atoms with E-state index in [9.17, 15) is 14.4 Å². The van der Waals surface area contributed by atoms with Crippen molar-refractivity contribution in [1.82, 2.24) is 10.2 Å². The number of rotatable bonds is 6. The third-order valence-corrected chi connectivity index (χ3v) is 4.79. The molecule has 0 spiro atoms. The van der Waals surface area contributed by atoms with Gasteiger partial charge >= 0.3 is 0 Å². The molecule has 6 heteroatoms. The van der Waals surface area contributed by atoms with Gasteiger partial charge < -0.3 is 15.1 Å². The zero-order valence-electron chi connectivity index (χ0n) is 16.1. The summed E-state index contributed by atoms with van der Waals surface area (Å²) in [6.07, 6.45) is 0.901. The molecule has 2 aromatic rings. The van der Waals surface area contributed by atoms with E-state index in [2.05, 4.69) is 5.32 Å². The van der Waals surface area contributed by atoms with E-state index in [4.69, 9.17) is 0 Å². The van der Waals surface area contributed by atoms with Crippen molar-refractivity contribution in [2.75, 3.05) is 31.1 Å². The summed E-state index contributed by atoms with van der Waals surface area (Å²) in [5, 5.41) is 2.68. The SMILES string of the molecule is CC(=O)NCCCC(=O)N1CCN(c2ccccc2-c2ccccc2)C(=O)C1. The largest absolute Gasteiger partial charge is 0.356 e. The molecule has 6 nitrogen and oxygen atoms in total. The molecule has 0 unspecified atom stereocenters. The first-order valence-electron chi connectivity index (χ1n) is 9.53. The second-order valence-electron chi connectivity index (χ2n) is 6.83. The van der Waals surface area contributed by atoms with Crippen molar-refractivity contribution < 1.29 is 14.4 Å². The van der Waals surface area contributed by atoms with Crippen molar-refractivity contribution in [3.8, 4) is 11.1 Å². The molecule has 2 aromatic carbocycles. The van der Waals surface area contributed by atoms with Gasteiger partial charge in [0.15, 0.2) is 0 Å². The average molecular weight is 379 g/mol. The molecule has 0 radical (unpaired) electrons. The highest BCUT2D eigenvalue weighted by Gasteiger charge is 2.28. The molecule has 0 aromatic heterocycles. The van der Waals surface area contributed by atoms with Gasteiger partial charge in [-0.1, -0.05) is 48.5 Å². The lowest BCUT2D eigenvalue weighted by Gasteiger charge is -2.35. The van der Waals surface area contributed by atoms with E-state index in [1.807, 2.05) is 54.6 Å². The fourth-order valence-corrected chi connectivity index (χ4v) is 3.37. The highest BCUT2D eigenvalue weighted by molar-refractivity contribution is 6.01. The average Bonchev–Trinajstić information content (AvgIpc) is 2.71. The van der Waals surface area contributed by atoms with Gasteiger partial charge in [0.2, 0.25) is 17.7 Å². The quantitative estimate of drug-likeness (QED) is 0.784. The van der Waals surface area contributed by atoms with Gasteiger partial charge in [-0.15, -0.1) is 0 Å². The molecule has 0 atom stereocenters. The minimum Gasteiger partial charge on any atom is -0.356 e. The molecular weight excluding hydrogens is 354 g/mol. The van der Waals surface area contributed by atoms with Gasteiger partial charge in [0.05, 0.1) is 5.69 Å². The van der Waals surface area contributed by atoms with Crippen LogP contribution in [0.15, 0.2) is 54.6 Å².